The van der Waals surface area contributed by atoms with Crippen LogP contribution in [0.5, 0.6) is 0 Å². The number of hydrogen-bond acceptors (Lipinski definition) is 3. The highest BCUT2D eigenvalue weighted by Crippen LogP contribution is 2.29. The number of furan rings is 1. The monoisotopic (exact) mass is 374 g/mol. The minimum atomic E-state index is -0.427. The molecule has 0 radical (unpaired) electrons. The van der Waals surface area contributed by atoms with Gasteiger partial charge in [0.15, 0.2) is 18.4 Å². The largest absolute Gasteiger partial charge is 0.460 e. The van der Waals surface area contributed by atoms with E-state index in [-0.39, 0.29) is 5.76 Å². The van der Waals surface area contributed by atoms with Crippen LogP contribution in [0.15, 0.2) is 51.5 Å². The minimum Gasteiger partial charge on any atom is -0.460 e. The Labute approximate surface area is 142 Å². The van der Waals surface area contributed by atoms with Crippen molar-refractivity contribution in [1.82, 2.24) is 0 Å². The lowest BCUT2D eigenvalue weighted by Gasteiger charge is -2.02. The zero-order chi connectivity index (χ0) is 16.4. The Kier molecular flexibility index (Phi) is 4.48. The van der Waals surface area contributed by atoms with Crippen LogP contribution in [0.1, 0.15) is 28.7 Å². The van der Waals surface area contributed by atoms with Crippen molar-refractivity contribution in [2.24, 2.45) is 0 Å². The summed E-state index contributed by atoms with van der Waals surface area (Å²) in [4.78, 5) is 12.3. The molecule has 0 amide bonds. The van der Waals surface area contributed by atoms with Gasteiger partial charge in [-0.1, -0.05) is 22.0 Å². The Hall–Kier alpha value is -2.14. The lowest BCUT2D eigenvalue weighted by atomic mass is 10.1. The molecule has 0 atom stereocenters. The maximum atomic E-state index is 12.3. The highest BCUT2D eigenvalue weighted by molar-refractivity contribution is 9.10. The zero-order valence-corrected chi connectivity index (χ0v) is 14.6. The Morgan fingerprint density at radius 2 is 2.13 bits per heavy atom. The molecule has 0 aliphatic heterocycles. The van der Waals surface area contributed by atoms with Crippen molar-refractivity contribution in [3.8, 4) is 0 Å². The van der Waals surface area contributed by atoms with Gasteiger partial charge < -0.3 is 9.15 Å². The quantitative estimate of drug-likeness (QED) is 0.511. The van der Waals surface area contributed by atoms with E-state index in [4.69, 9.17) is 9.15 Å². The van der Waals surface area contributed by atoms with Gasteiger partial charge in [0.2, 0.25) is 5.76 Å². The van der Waals surface area contributed by atoms with Gasteiger partial charge in [0.25, 0.3) is 0 Å². The Morgan fingerprint density at radius 1 is 1.30 bits per heavy atom. The number of halogens is 1. The summed E-state index contributed by atoms with van der Waals surface area (Å²) in [6, 6.07) is 11.7. The second kappa shape index (κ2) is 6.54. The molecule has 3 rings (SSSR count). The summed E-state index contributed by atoms with van der Waals surface area (Å²) in [5, 5.41) is 0.915. The molecule has 0 spiro atoms. The maximum absolute atomic E-state index is 12.3. The molecule has 0 saturated carbocycles. The van der Waals surface area contributed by atoms with Crippen LogP contribution >= 0.6 is 15.9 Å². The molecule has 2 heterocycles. The van der Waals surface area contributed by atoms with E-state index in [0.717, 1.165) is 21.1 Å². The fourth-order valence-electron chi connectivity index (χ4n) is 2.55. The number of fused-ring (bicyclic) bond motifs is 1. The lowest BCUT2D eigenvalue weighted by Crippen LogP contribution is -2.37. The fourth-order valence-corrected chi connectivity index (χ4v) is 2.91. The number of benzene rings is 1. The summed E-state index contributed by atoms with van der Waals surface area (Å²) in [6.07, 6.45) is 1.99. The van der Waals surface area contributed by atoms with Gasteiger partial charge in [-0.05, 0) is 25.1 Å². The third-order valence-electron chi connectivity index (χ3n) is 3.71. The zero-order valence-electron chi connectivity index (χ0n) is 13.0. The van der Waals surface area contributed by atoms with Crippen LogP contribution < -0.4 is 4.57 Å². The van der Waals surface area contributed by atoms with E-state index >= 15 is 0 Å². The smallest absolute Gasteiger partial charge is 0.374 e. The van der Waals surface area contributed by atoms with Crippen LogP contribution in [0.2, 0.25) is 0 Å². The van der Waals surface area contributed by atoms with Crippen LogP contribution in [-0.4, -0.2) is 12.6 Å². The average molecular weight is 375 g/mol. The normalized spacial score (nSPS) is 10.9. The first-order chi connectivity index (χ1) is 11.1. The third kappa shape index (κ3) is 3.15. The predicted molar refractivity (Wildman–Crippen MR) is 90.3 cm³/mol. The van der Waals surface area contributed by atoms with Gasteiger partial charge in [-0.3, -0.25) is 0 Å². The molecule has 4 nitrogen and oxygen atoms in total. The van der Waals surface area contributed by atoms with Crippen molar-refractivity contribution in [2.75, 3.05) is 6.61 Å². The standard InChI is InChI=1S/C18H17BrNO3/c1-3-22-18(21)17-15(11-20-9-5-4-6-12(20)2)14-10-13(19)7-8-16(14)23-17/h4-10H,3,11H2,1-2H3/q+1. The first-order valence-corrected chi connectivity index (χ1v) is 8.22. The Bertz CT molecular complexity index is 870. The molecular formula is C18H17BrNO3+. The number of pyridine rings is 1. The lowest BCUT2D eigenvalue weighted by molar-refractivity contribution is -0.694. The molecule has 0 aliphatic rings. The molecule has 23 heavy (non-hydrogen) atoms. The van der Waals surface area contributed by atoms with E-state index in [1.54, 1.807) is 6.92 Å². The molecule has 5 heteroatoms. The van der Waals surface area contributed by atoms with Gasteiger partial charge in [0.05, 0.1) is 12.2 Å². The van der Waals surface area contributed by atoms with Crippen LogP contribution in [0.4, 0.5) is 0 Å². The number of carbonyl (C=O) groups excluding carboxylic acids is 1. The van der Waals surface area contributed by atoms with Gasteiger partial charge in [-0.15, -0.1) is 0 Å². The second-order valence-electron chi connectivity index (χ2n) is 5.24. The summed E-state index contributed by atoms with van der Waals surface area (Å²) < 4.78 is 13.9. The number of rotatable bonds is 4. The highest BCUT2D eigenvalue weighted by atomic mass is 79.9. The molecule has 3 aromatic rings. The van der Waals surface area contributed by atoms with Gasteiger partial charge in [-0.2, -0.15) is 4.57 Å². The number of esters is 1. The van der Waals surface area contributed by atoms with E-state index in [1.165, 1.54) is 0 Å². The van der Waals surface area contributed by atoms with Crippen LogP contribution in [0.25, 0.3) is 11.0 Å². The maximum Gasteiger partial charge on any atom is 0.374 e. The number of aromatic nitrogens is 1. The molecule has 0 saturated heterocycles. The minimum absolute atomic E-state index is 0.274. The second-order valence-corrected chi connectivity index (χ2v) is 6.16. The highest BCUT2D eigenvalue weighted by Gasteiger charge is 2.25. The number of nitrogens with zero attached hydrogens (tertiary/aromatic N) is 1. The number of carbonyl (C=O) groups is 1. The molecule has 0 bridgehead atoms. The summed E-state index contributed by atoms with van der Waals surface area (Å²) in [5.41, 5.74) is 2.62. The molecule has 0 fully saturated rings. The third-order valence-corrected chi connectivity index (χ3v) is 4.20. The summed E-state index contributed by atoms with van der Waals surface area (Å²) in [6.45, 7) is 4.68. The van der Waals surface area contributed by atoms with Gasteiger partial charge >= 0.3 is 5.97 Å². The van der Waals surface area contributed by atoms with E-state index < -0.39 is 5.97 Å². The van der Waals surface area contributed by atoms with Crippen molar-refractivity contribution < 1.29 is 18.5 Å². The Balaban J connectivity index is 2.15. The summed E-state index contributed by atoms with van der Waals surface area (Å²) in [5.74, 6) is -0.153. The number of ether oxygens (including phenoxy) is 1. The van der Waals surface area contributed by atoms with Gasteiger partial charge in [0, 0.05) is 28.9 Å². The number of aryl methyl sites for hydroxylation is 1. The molecule has 2 aromatic heterocycles. The van der Waals surface area contributed by atoms with E-state index in [9.17, 15) is 4.79 Å². The average Bonchev–Trinajstić information content (AvgIpc) is 2.88. The predicted octanol–water partition coefficient (Wildman–Crippen LogP) is 4.02. The van der Waals surface area contributed by atoms with Crippen molar-refractivity contribution >= 4 is 32.9 Å². The molecule has 0 aliphatic carbocycles. The SMILES string of the molecule is CCOC(=O)c1oc2ccc(Br)cc2c1C[n+]1ccccc1C. The summed E-state index contributed by atoms with van der Waals surface area (Å²) >= 11 is 3.48. The van der Waals surface area contributed by atoms with Crippen LogP contribution in [0.3, 0.4) is 0 Å². The fraction of sp³-hybridized carbons (Fsp3) is 0.222. The first-order valence-electron chi connectivity index (χ1n) is 7.43. The molecular weight excluding hydrogens is 358 g/mol. The van der Waals surface area contributed by atoms with Gasteiger partial charge in [-0.25, -0.2) is 4.79 Å². The topological polar surface area (TPSA) is 43.3 Å². The number of hydrogen-bond donors (Lipinski definition) is 0. The molecule has 0 N–H and O–H groups in total. The van der Waals surface area contributed by atoms with Crippen LogP contribution in [0, 0.1) is 6.92 Å². The molecule has 0 unspecified atom stereocenters. The van der Waals surface area contributed by atoms with Crippen molar-refractivity contribution in [3.05, 3.63) is 64.1 Å². The first kappa shape index (κ1) is 15.7. The molecule has 118 valence electrons. The van der Waals surface area contributed by atoms with E-state index in [0.29, 0.717) is 18.7 Å². The Morgan fingerprint density at radius 3 is 2.87 bits per heavy atom. The molecule has 1 aromatic carbocycles. The van der Waals surface area contributed by atoms with E-state index in [2.05, 4.69) is 20.5 Å². The van der Waals surface area contributed by atoms with E-state index in [1.807, 2.05) is 49.5 Å². The van der Waals surface area contributed by atoms with Gasteiger partial charge in [0.1, 0.15) is 5.58 Å². The summed E-state index contributed by atoms with van der Waals surface area (Å²) in [7, 11) is 0. The van der Waals surface area contributed by atoms with Crippen molar-refractivity contribution in [1.29, 1.82) is 0 Å². The van der Waals surface area contributed by atoms with Crippen molar-refractivity contribution in [3.63, 3.8) is 0 Å². The van der Waals surface area contributed by atoms with Crippen molar-refractivity contribution in [2.45, 2.75) is 20.4 Å². The van der Waals surface area contributed by atoms with Crippen LogP contribution in [-0.2, 0) is 11.3 Å².